The second kappa shape index (κ2) is 56.3. The Kier molecular flexibility index (Phi) is 55.6. The Morgan fingerprint density at radius 2 is 0.597 bits per heavy atom. The molecule has 0 radical (unpaired) electrons. The standard InChI is InChI=1S/C60H118O2/c1-4-6-7-8-9-10-11-12-13-14-29-33-36-39-42-45-48-51-54-57-60(61)62-58-55-52-49-46-43-40-37-34-31-28-26-24-22-20-18-16-15-17-19-21-23-25-27-30-32-35-38-41-44-47-50-53-56-59(3)5-2/h12-13,59H,4-11,14-58H2,1-3H3. The summed E-state index contributed by atoms with van der Waals surface area (Å²) in [4.78, 5) is 12.1. The van der Waals surface area contributed by atoms with Gasteiger partial charge in [-0.05, 0) is 44.4 Å². The highest BCUT2D eigenvalue weighted by Gasteiger charge is 2.04. The molecule has 0 heterocycles. The molecule has 0 rings (SSSR count). The van der Waals surface area contributed by atoms with Gasteiger partial charge in [0.1, 0.15) is 0 Å². The normalized spacial score (nSPS) is 12.2. The predicted octanol–water partition coefficient (Wildman–Crippen LogP) is 22.0. The van der Waals surface area contributed by atoms with Crippen molar-refractivity contribution in [3.05, 3.63) is 12.2 Å². The van der Waals surface area contributed by atoms with E-state index >= 15 is 0 Å². The summed E-state index contributed by atoms with van der Waals surface area (Å²) in [7, 11) is 0. The van der Waals surface area contributed by atoms with E-state index in [1.54, 1.807) is 0 Å². The number of ether oxygens (including phenoxy) is 1. The van der Waals surface area contributed by atoms with Crippen LogP contribution in [0.25, 0.3) is 0 Å². The van der Waals surface area contributed by atoms with Crippen LogP contribution in [0.5, 0.6) is 0 Å². The molecule has 370 valence electrons. The Morgan fingerprint density at radius 1 is 0.339 bits per heavy atom. The van der Waals surface area contributed by atoms with Crippen molar-refractivity contribution in [2.24, 2.45) is 5.92 Å². The SMILES string of the molecule is CCCCCCCCC=CCCCCCCCCCCCC(=O)OCCCCCCCCCCCCCCCCCCCCCCCCCCCCCCCCCCC(C)CC. The van der Waals surface area contributed by atoms with Gasteiger partial charge in [0, 0.05) is 6.42 Å². The van der Waals surface area contributed by atoms with Crippen molar-refractivity contribution >= 4 is 5.97 Å². The second-order valence-electron chi connectivity index (χ2n) is 20.6. The maximum absolute atomic E-state index is 12.1. The van der Waals surface area contributed by atoms with Crippen LogP contribution in [-0.4, -0.2) is 12.6 Å². The lowest BCUT2D eigenvalue weighted by atomic mass is 9.99. The van der Waals surface area contributed by atoms with E-state index in [1.165, 1.54) is 315 Å². The fraction of sp³-hybridized carbons (Fsp3) is 0.950. The van der Waals surface area contributed by atoms with Crippen LogP contribution in [0.2, 0.25) is 0 Å². The molecule has 0 saturated carbocycles. The third-order valence-corrected chi connectivity index (χ3v) is 14.2. The summed E-state index contributed by atoms with van der Waals surface area (Å²) < 4.78 is 5.51. The molecule has 0 aliphatic rings. The molecule has 0 fully saturated rings. The summed E-state index contributed by atoms with van der Waals surface area (Å²) in [6.07, 6.45) is 76.8. The number of allylic oxidation sites excluding steroid dienone is 2. The highest BCUT2D eigenvalue weighted by Crippen LogP contribution is 2.19. The number of rotatable bonds is 55. The van der Waals surface area contributed by atoms with Gasteiger partial charge in [0.2, 0.25) is 0 Å². The second-order valence-corrected chi connectivity index (χ2v) is 20.6. The van der Waals surface area contributed by atoms with Gasteiger partial charge in [0.15, 0.2) is 0 Å². The Bertz CT molecular complexity index is 833. The van der Waals surface area contributed by atoms with E-state index in [9.17, 15) is 4.79 Å². The molecule has 2 nitrogen and oxygen atoms in total. The molecule has 0 N–H and O–H groups in total. The number of unbranched alkanes of at least 4 members (excludes halogenated alkanes) is 46. The van der Waals surface area contributed by atoms with E-state index in [0.717, 1.165) is 18.8 Å². The quantitative estimate of drug-likeness (QED) is 0.0346. The summed E-state index contributed by atoms with van der Waals surface area (Å²) in [5.41, 5.74) is 0. The van der Waals surface area contributed by atoms with E-state index in [-0.39, 0.29) is 5.97 Å². The number of hydrogen-bond acceptors (Lipinski definition) is 2. The van der Waals surface area contributed by atoms with Gasteiger partial charge in [0.05, 0.1) is 6.61 Å². The van der Waals surface area contributed by atoms with Gasteiger partial charge in [-0.2, -0.15) is 0 Å². The third-order valence-electron chi connectivity index (χ3n) is 14.2. The number of esters is 1. The molecule has 0 aromatic rings. The summed E-state index contributed by atoms with van der Waals surface area (Å²) in [5, 5.41) is 0. The van der Waals surface area contributed by atoms with Crippen molar-refractivity contribution in [2.75, 3.05) is 6.61 Å². The minimum Gasteiger partial charge on any atom is -0.466 e. The highest BCUT2D eigenvalue weighted by molar-refractivity contribution is 5.69. The van der Waals surface area contributed by atoms with Crippen LogP contribution < -0.4 is 0 Å². The lowest BCUT2D eigenvalue weighted by Crippen LogP contribution is -2.05. The van der Waals surface area contributed by atoms with Crippen LogP contribution in [0.1, 0.15) is 355 Å². The van der Waals surface area contributed by atoms with Crippen molar-refractivity contribution in [2.45, 2.75) is 355 Å². The van der Waals surface area contributed by atoms with E-state index in [4.69, 9.17) is 4.74 Å². The Hall–Kier alpha value is -0.790. The number of hydrogen-bond donors (Lipinski definition) is 0. The van der Waals surface area contributed by atoms with Gasteiger partial charge < -0.3 is 4.74 Å². The monoisotopic (exact) mass is 871 g/mol. The highest BCUT2D eigenvalue weighted by atomic mass is 16.5. The lowest BCUT2D eigenvalue weighted by Gasteiger charge is -2.07. The summed E-state index contributed by atoms with van der Waals surface area (Å²) in [6.45, 7) is 7.65. The van der Waals surface area contributed by atoms with Crippen LogP contribution in [0.4, 0.5) is 0 Å². The van der Waals surface area contributed by atoms with Gasteiger partial charge in [0.25, 0.3) is 0 Å². The van der Waals surface area contributed by atoms with Crippen LogP contribution in [-0.2, 0) is 9.53 Å². The molecule has 0 saturated heterocycles. The minimum absolute atomic E-state index is 0.0297. The Labute approximate surface area is 393 Å². The zero-order chi connectivity index (χ0) is 44.8. The van der Waals surface area contributed by atoms with Gasteiger partial charge >= 0.3 is 5.97 Å². The fourth-order valence-corrected chi connectivity index (χ4v) is 9.41. The fourth-order valence-electron chi connectivity index (χ4n) is 9.41. The van der Waals surface area contributed by atoms with Crippen LogP contribution in [0.15, 0.2) is 12.2 Å². The van der Waals surface area contributed by atoms with E-state index in [1.807, 2.05) is 0 Å². The van der Waals surface area contributed by atoms with Crippen LogP contribution in [0.3, 0.4) is 0 Å². The molecule has 62 heavy (non-hydrogen) atoms. The number of carbonyl (C=O) groups is 1. The first-order valence-electron chi connectivity index (χ1n) is 29.5. The average molecular weight is 872 g/mol. The molecule has 0 amide bonds. The van der Waals surface area contributed by atoms with Crippen LogP contribution >= 0.6 is 0 Å². The average Bonchev–Trinajstić information content (AvgIpc) is 3.28. The van der Waals surface area contributed by atoms with Crippen molar-refractivity contribution in [1.82, 2.24) is 0 Å². The third kappa shape index (κ3) is 55.3. The van der Waals surface area contributed by atoms with Crippen molar-refractivity contribution < 1.29 is 9.53 Å². The maximum Gasteiger partial charge on any atom is 0.305 e. The Balaban J connectivity index is 3.15. The van der Waals surface area contributed by atoms with Gasteiger partial charge in [-0.25, -0.2) is 0 Å². The van der Waals surface area contributed by atoms with E-state index in [0.29, 0.717) is 13.0 Å². The molecule has 0 spiro atoms. The molecule has 0 aromatic carbocycles. The van der Waals surface area contributed by atoms with E-state index < -0.39 is 0 Å². The molecule has 0 aliphatic carbocycles. The first-order valence-corrected chi connectivity index (χ1v) is 29.5. The van der Waals surface area contributed by atoms with E-state index in [2.05, 4.69) is 32.9 Å². The molecule has 0 bridgehead atoms. The molecule has 1 atom stereocenters. The van der Waals surface area contributed by atoms with Crippen molar-refractivity contribution in [3.63, 3.8) is 0 Å². The summed E-state index contributed by atoms with van der Waals surface area (Å²) >= 11 is 0. The molecule has 0 aliphatic heterocycles. The summed E-state index contributed by atoms with van der Waals surface area (Å²) in [6, 6.07) is 0. The first-order chi connectivity index (χ1) is 30.7. The van der Waals surface area contributed by atoms with Gasteiger partial charge in [-0.3, -0.25) is 4.79 Å². The van der Waals surface area contributed by atoms with Gasteiger partial charge in [-0.15, -0.1) is 0 Å². The number of carbonyl (C=O) groups excluding carboxylic acids is 1. The van der Waals surface area contributed by atoms with Crippen molar-refractivity contribution in [1.29, 1.82) is 0 Å². The zero-order valence-electron chi connectivity index (χ0n) is 43.5. The summed E-state index contributed by atoms with van der Waals surface area (Å²) in [5.74, 6) is 0.970. The Morgan fingerprint density at radius 3 is 0.903 bits per heavy atom. The molecule has 1 unspecified atom stereocenters. The largest absolute Gasteiger partial charge is 0.466 e. The molecule has 2 heteroatoms. The zero-order valence-corrected chi connectivity index (χ0v) is 43.5. The molecular formula is C60H118O2. The maximum atomic E-state index is 12.1. The first kappa shape index (κ1) is 61.2. The topological polar surface area (TPSA) is 26.3 Å². The smallest absolute Gasteiger partial charge is 0.305 e. The predicted molar refractivity (Wildman–Crippen MR) is 281 cm³/mol. The lowest BCUT2D eigenvalue weighted by molar-refractivity contribution is -0.143. The van der Waals surface area contributed by atoms with Crippen LogP contribution in [0, 0.1) is 5.92 Å². The van der Waals surface area contributed by atoms with Crippen molar-refractivity contribution in [3.8, 4) is 0 Å². The van der Waals surface area contributed by atoms with Gasteiger partial charge in [-0.1, -0.05) is 322 Å². The molecule has 0 aromatic heterocycles. The molecular weight excluding hydrogens is 753 g/mol. The minimum atomic E-state index is 0.0297.